The van der Waals surface area contributed by atoms with Crippen molar-refractivity contribution in [3.63, 3.8) is 0 Å². The molecule has 1 aliphatic rings. The predicted molar refractivity (Wildman–Crippen MR) is 60.1 cm³/mol. The smallest absolute Gasteiger partial charge is 0.236 e. The Kier molecular flexibility index (Phi) is 4.05. The standard InChI is InChI=1S/C10H17N5O2/c1-14-2-4-15(5-3-14)10(16)7-11-6-9-12-8-17-13-9/h8,11H,2-7H2,1H3. The molecule has 2 rings (SSSR count). The number of rotatable bonds is 4. The molecule has 1 fully saturated rings. The Morgan fingerprint density at radius 2 is 2.24 bits per heavy atom. The summed E-state index contributed by atoms with van der Waals surface area (Å²) in [5.41, 5.74) is 0. The average Bonchev–Trinajstić information content (AvgIpc) is 2.83. The van der Waals surface area contributed by atoms with Gasteiger partial charge in [0.15, 0.2) is 5.82 Å². The first-order valence-corrected chi connectivity index (χ1v) is 5.68. The van der Waals surface area contributed by atoms with E-state index in [2.05, 4.69) is 31.9 Å². The van der Waals surface area contributed by atoms with Crippen LogP contribution in [0.25, 0.3) is 0 Å². The highest BCUT2D eigenvalue weighted by Gasteiger charge is 2.18. The number of likely N-dealkylation sites (N-methyl/N-ethyl adjacent to an activating group) is 1. The molecule has 0 spiro atoms. The summed E-state index contributed by atoms with van der Waals surface area (Å²) in [4.78, 5) is 19.8. The van der Waals surface area contributed by atoms with Gasteiger partial charge in [0.2, 0.25) is 12.3 Å². The third-order valence-electron chi connectivity index (χ3n) is 2.82. The fourth-order valence-corrected chi connectivity index (χ4v) is 1.72. The second-order valence-electron chi connectivity index (χ2n) is 4.14. The number of aromatic nitrogens is 2. The lowest BCUT2D eigenvalue weighted by atomic mass is 10.3. The number of carbonyl (C=O) groups excluding carboxylic acids is 1. The van der Waals surface area contributed by atoms with Gasteiger partial charge in [-0.3, -0.25) is 4.79 Å². The van der Waals surface area contributed by atoms with Crippen LogP contribution in [0.3, 0.4) is 0 Å². The van der Waals surface area contributed by atoms with E-state index in [1.54, 1.807) is 0 Å². The minimum absolute atomic E-state index is 0.126. The summed E-state index contributed by atoms with van der Waals surface area (Å²) in [7, 11) is 2.07. The Morgan fingerprint density at radius 3 is 2.88 bits per heavy atom. The maximum absolute atomic E-state index is 11.8. The summed E-state index contributed by atoms with van der Waals surface area (Å²) in [6.07, 6.45) is 1.28. The first-order valence-electron chi connectivity index (χ1n) is 5.68. The van der Waals surface area contributed by atoms with Crippen LogP contribution in [0.1, 0.15) is 5.82 Å². The predicted octanol–water partition coefficient (Wildman–Crippen LogP) is -1.07. The van der Waals surface area contributed by atoms with Crippen LogP contribution in [-0.2, 0) is 11.3 Å². The molecule has 1 aromatic rings. The van der Waals surface area contributed by atoms with Gasteiger partial charge < -0.3 is 19.6 Å². The van der Waals surface area contributed by atoms with Gasteiger partial charge in [0.25, 0.3) is 0 Å². The van der Waals surface area contributed by atoms with E-state index in [1.807, 2.05) is 4.90 Å². The molecule has 0 atom stereocenters. The molecule has 1 aliphatic heterocycles. The maximum Gasteiger partial charge on any atom is 0.236 e. The van der Waals surface area contributed by atoms with Gasteiger partial charge >= 0.3 is 0 Å². The van der Waals surface area contributed by atoms with Crippen molar-refractivity contribution in [2.75, 3.05) is 39.8 Å². The van der Waals surface area contributed by atoms with Crippen LogP contribution in [-0.4, -0.2) is 65.6 Å². The van der Waals surface area contributed by atoms with Crippen LogP contribution in [0.4, 0.5) is 0 Å². The van der Waals surface area contributed by atoms with Crippen LogP contribution in [0.5, 0.6) is 0 Å². The molecule has 0 radical (unpaired) electrons. The molecule has 94 valence electrons. The van der Waals surface area contributed by atoms with Gasteiger partial charge in [0.1, 0.15) is 0 Å². The van der Waals surface area contributed by atoms with Gasteiger partial charge in [0, 0.05) is 26.2 Å². The third kappa shape index (κ3) is 3.50. The molecule has 0 unspecified atom stereocenters. The molecule has 0 bridgehead atoms. The minimum atomic E-state index is 0.126. The molecule has 1 amide bonds. The lowest BCUT2D eigenvalue weighted by Gasteiger charge is -2.32. The molecule has 1 N–H and O–H groups in total. The molecule has 0 aromatic carbocycles. The Hall–Kier alpha value is -1.47. The normalized spacial score (nSPS) is 17.4. The zero-order valence-electron chi connectivity index (χ0n) is 9.93. The highest BCUT2D eigenvalue weighted by molar-refractivity contribution is 5.78. The van der Waals surface area contributed by atoms with Gasteiger partial charge in [-0.25, -0.2) is 0 Å². The number of nitrogens with zero attached hydrogens (tertiary/aromatic N) is 4. The van der Waals surface area contributed by atoms with Crippen LogP contribution in [0.2, 0.25) is 0 Å². The fraction of sp³-hybridized carbons (Fsp3) is 0.700. The topological polar surface area (TPSA) is 74.5 Å². The van der Waals surface area contributed by atoms with Crippen molar-refractivity contribution in [2.24, 2.45) is 0 Å². The average molecular weight is 239 g/mol. The summed E-state index contributed by atoms with van der Waals surface area (Å²) in [5.74, 6) is 0.692. The molecule has 17 heavy (non-hydrogen) atoms. The third-order valence-corrected chi connectivity index (χ3v) is 2.82. The van der Waals surface area contributed by atoms with Gasteiger partial charge in [-0.05, 0) is 7.05 Å². The number of carbonyl (C=O) groups is 1. The maximum atomic E-state index is 11.8. The van der Waals surface area contributed by atoms with Gasteiger partial charge in [-0.2, -0.15) is 4.98 Å². The molecule has 7 heteroatoms. The summed E-state index contributed by atoms with van der Waals surface area (Å²) in [5, 5.41) is 6.66. The second kappa shape index (κ2) is 5.74. The van der Waals surface area contributed by atoms with E-state index in [4.69, 9.17) is 0 Å². The van der Waals surface area contributed by atoms with Gasteiger partial charge in [-0.1, -0.05) is 5.16 Å². The quantitative estimate of drug-likeness (QED) is 0.721. The summed E-state index contributed by atoms with van der Waals surface area (Å²) in [6.45, 7) is 4.26. The summed E-state index contributed by atoms with van der Waals surface area (Å²) < 4.78 is 4.60. The molecule has 7 nitrogen and oxygen atoms in total. The van der Waals surface area contributed by atoms with Crippen molar-refractivity contribution in [3.8, 4) is 0 Å². The number of amides is 1. The number of hydrogen-bond acceptors (Lipinski definition) is 6. The van der Waals surface area contributed by atoms with E-state index in [-0.39, 0.29) is 5.91 Å². The van der Waals surface area contributed by atoms with Crippen LogP contribution in [0.15, 0.2) is 10.9 Å². The summed E-state index contributed by atoms with van der Waals surface area (Å²) in [6, 6.07) is 0. The Balaban J connectivity index is 1.67. The van der Waals surface area contributed by atoms with Crippen molar-refractivity contribution in [3.05, 3.63) is 12.2 Å². The highest BCUT2D eigenvalue weighted by atomic mass is 16.5. The Labute approximate surface area is 99.8 Å². The summed E-state index contributed by atoms with van der Waals surface area (Å²) >= 11 is 0. The lowest BCUT2D eigenvalue weighted by Crippen LogP contribution is -2.49. The van der Waals surface area contributed by atoms with Crippen molar-refractivity contribution in [1.29, 1.82) is 0 Å². The highest BCUT2D eigenvalue weighted by Crippen LogP contribution is 1.99. The Bertz CT molecular complexity index is 346. The first-order chi connectivity index (χ1) is 8.25. The number of hydrogen-bond donors (Lipinski definition) is 1. The molecule has 2 heterocycles. The monoisotopic (exact) mass is 239 g/mol. The van der Waals surface area contributed by atoms with E-state index in [0.717, 1.165) is 26.2 Å². The molecule has 1 aromatic heterocycles. The number of piperazine rings is 1. The Morgan fingerprint density at radius 1 is 1.47 bits per heavy atom. The molecule has 0 saturated carbocycles. The molecular formula is C10H17N5O2. The van der Waals surface area contributed by atoms with E-state index in [1.165, 1.54) is 6.39 Å². The van der Waals surface area contributed by atoms with Crippen molar-refractivity contribution in [2.45, 2.75) is 6.54 Å². The minimum Gasteiger partial charge on any atom is -0.343 e. The van der Waals surface area contributed by atoms with E-state index < -0.39 is 0 Å². The number of nitrogens with one attached hydrogen (secondary N) is 1. The van der Waals surface area contributed by atoms with Crippen molar-refractivity contribution < 1.29 is 9.32 Å². The molecule has 0 aliphatic carbocycles. The van der Waals surface area contributed by atoms with Gasteiger partial charge in [-0.15, -0.1) is 0 Å². The second-order valence-corrected chi connectivity index (χ2v) is 4.14. The zero-order chi connectivity index (χ0) is 12.1. The van der Waals surface area contributed by atoms with Crippen LogP contribution >= 0.6 is 0 Å². The largest absolute Gasteiger partial charge is 0.343 e. The van der Waals surface area contributed by atoms with Crippen molar-refractivity contribution in [1.82, 2.24) is 25.3 Å². The lowest BCUT2D eigenvalue weighted by molar-refractivity contribution is -0.131. The van der Waals surface area contributed by atoms with Crippen molar-refractivity contribution >= 4 is 5.91 Å². The fourth-order valence-electron chi connectivity index (χ4n) is 1.72. The SMILES string of the molecule is CN1CCN(C(=O)CNCc2ncon2)CC1. The first kappa shape index (κ1) is 12.0. The van der Waals surface area contributed by atoms with E-state index in [0.29, 0.717) is 18.9 Å². The van der Waals surface area contributed by atoms with Crippen LogP contribution in [0, 0.1) is 0 Å². The molecular weight excluding hydrogens is 222 g/mol. The van der Waals surface area contributed by atoms with Crippen LogP contribution < -0.4 is 5.32 Å². The zero-order valence-corrected chi connectivity index (χ0v) is 9.93. The molecule has 1 saturated heterocycles. The van der Waals surface area contributed by atoms with Gasteiger partial charge in [0.05, 0.1) is 13.1 Å². The van der Waals surface area contributed by atoms with E-state index >= 15 is 0 Å². The van der Waals surface area contributed by atoms with E-state index in [9.17, 15) is 4.79 Å².